The van der Waals surface area contributed by atoms with Gasteiger partial charge in [-0.25, -0.2) is 0 Å². The van der Waals surface area contributed by atoms with Gasteiger partial charge in [0.2, 0.25) is 17.6 Å². The number of aromatic nitrogens is 2. The third kappa shape index (κ3) is 4.27. The van der Waals surface area contributed by atoms with Crippen LogP contribution in [0.5, 0.6) is 5.75 Å². The SMILES string of the molecule is COc1ccc(-c2noc(CNC(=O)Cc3ccc(C)c(C)c3)n2)cc1. The summed E-state index contributed by atoms with van der Waals surface area (Å²) in [5.41, 5.74) is 4.19. The third-order valence-corrected chi connectivity index (χ3v) is 4.19. The molecular weight excluding hydrogens is 330 g/mol. The lowest BCUT2D eigenvalue weighted by molar-refractivity contribution is -0.120. The number of ether oxygens (including phenoxy) is 1. The first-order chi connectivity index (χ1) is 12.5. The average molecular weight is 351 g/mol. The number of hydrogen-bond donors (Lipinski definition) is 1. The van der Waals surface area contributed by atoms with Crippen LogP contribution in [0.15, 0.2) is 47.0 Å². The Kier molecular flexibility index (Phi) is 5.31. The molecular formula is C20H21N3O3. The van der Waals surface area contributed by atoms with E-state index in [2.05, 4.69) is 22.4 Å². The highest BCUT2D eigenvalue weighted by Crippen LogP contribution is 2.19. The van der Waals surface area contributed by atoms with Crippen molar-refractivity contribution in [3.05, 3.63) is 65.0 Å². The van der Waals surface area contributed by atoms with Gasteiger partial charge in [-0.3, -0.25) is 4.79 Å². The number of methoxy groups -OCH3 is 1. The lowest BCUT2D eigenvalue weighted by Gasteiger charge is -2.05. The maximum atomic E-state index is 12.1. The number of aryl methyl sites for hydroxylation is 2. The first-order valence-corrected chi connectivity index (χ1v) is 8.35. The molecule has 0 bridgehead atoms. The summed E-state index contributed by atoms with van der Waals surface area (Å²) in [6.45, 7) is 4.29. The van der Waals surface area contributed by atoms with E-state index in [1.54, 1.807) is 7.11 Å². The first kappa shape index (κ1) is 17.7. The van der Waals surface area contributed by atoms with Crippen LogP contribution in [0.4, 0.5) is 0 Å². The summed E-state index contributed by atoms with van der Waals surface area (Å²) in [4.78, 5) is 16.4. The van der Waals surface area contributed by atoms with Crippen LogP contribution in [-0.4, -0.2) is 23.2 Å². The second-order valence-electron chi connectivity index (χ2n) is 6.11. The van der Waals surface area contributed by atoms with Crippen LogP contribution in [0.2, 0.25) is 0 Å². The van der Waals surface area contributed by atoms with Crippen molar-refractivity contribution in [2.75, 3.05) is 7.11 Å². The van der Waals surface area contributed by atoms with Gasteiger partial charge in [-0.2, -0.15) is 4.98 Å². The number of hydrogen-bond acceptors (Lipinski definition) is 5. The molecule has 1 amide bonds. The molecule has 0 unspecified atom stereocenters. The minimum atomic E-state index is -0.0857. The summed E-state index contributed by atoms with van der Waals surface area (Å²) >= 11 is 0. The van der Waals surface area contributed by atoms with Gasteiger partial charge in [-0.1, -0.05) is 23.4 Å². The van der Waals surface area contributed by atoms with Crippen molar-refractivity contribution in [3.8, 4) is 17.1 Å². The Morgan fingerprint density at radius 2 is 1.88 bits per heavy atom. The molecule has 1 N–H and O–H groups in total. The minimum Gasteiger partial charge on any atom is -0.497 e. The Labute approximate surface area is 152 Å². The predicted molar refractivity (Wildman–Crippen MR) is 97.8 cm³/mol. The Bertz CT molecular complexity index is 901. The number of amides is 1. The fraction of sp³-hybridized carbons (Fsp3) is 0.250. The Balaban J connectivity index is 1.56. The fourth-order valence-electron chi connectivity index (χ4n) is 2.52. The van der Waals surface area contributed by atoms with E-state index in [1.807, 2.05) is 49.4 Å². The van der Waals surface area contributed by atoms with Crippen molar-refractivity contribution in [2.45, 2.75) is 26.8 Å². The molecule has 26 heavy (non-hydrogen) atoms. The van der Waals surface area contributed by atoms with Crippen molar-refractivity contribution in [3.63, 3.8) is 0 Å². The second-order valence-corrected chi connectivity index (χ2v) is 6.11. The molecule has 6 nitrogen and oxygen atoms in total. The van der Waals surface area contributed by atoms with E-state index in [0.29, 0.717) is 18.1 Å². The van der Waals surface area contributed by atoms with Crippen molar-refractivity contribution >= 4 is 5.91 Å². The highest BCUT2D eigenvalue weighted by atomic mass is 16.5. The highest BCUT2D eigenvalue weighted by molar-refractivity contribution is 5.78. The largest absolute Gasteiger partial charge is 0.497 e. The number of carbonyl (C=O) groups is 1. The summed E-state index contributed by atoms with van der Waals surface area (Å²) in [6, 6.07) is 13.4. The predicted octanol–water partition coefficient (Wildman–Crippen LogP) is 3.22. The van der Waals surface area contributed by atoms with Gasteiger partial charge in [0.05, 0.1) is 20.1 Å². The summed E-state index contributed by atoms with van der Waals surface area (Å²) in [5, 5.41) is 6.76. The molecule has 0 fully saturated rings. The van der Waals surface area contributed by atoms with Crippen molar-refractivity contribution < 1.29 is 14.1 Å². The maximum absolute atomic E-state index is 12.1. The standard InChI is InChI=1S/C20H21N3O3/c1-13-4-5-15(10-14(13)2)11-18(24)21-12-19-22-20(23-26-19)16-6-8-17(25-3)9-7-16/h4-10H,11-12H2,1-3H3,(H,21,24). The minimum absolute atomic E-state index is 0.0857. The Morgan fingerprint density at radius 3 is 2.58 bits per heavy atom. The molecule has 0 atom stereocenters. The summed E-state index contributed by atoms with van der Waals surface area (Å²) in [6.07, 6.45) is 0.320. The topological polar surface area (TPSA) is 77.3 Å². The molecule has 0 saturated carbocycles. The van der Waals surface area contributed by atoms with E-state index >= 15 is 0 Å². The molecule has 0 aliphatic rings. The van der Waals surface area contributed by atoms with Crippen LogP contribution in [0, 0.1) is 13.8 Å². The van der Waals surface area contributed by atoms with Gasteiger partial charge in [0.25, 0.3) is 0 Å². The molecule has 2 aromatic carbocycles. The van der Waals surface area contributed by atoms with Gasteiger partial charge in [0.1, 0.15) is 5.75 Å². The van der Waals surface area contributed by atoms with Gasteiger partial charge < -0.3 is 14.6 Å². The highest BCUT2D eigenvalue weighted by Gasteiger charge is 2.11. The molecule has 1 aromatic heterocycles. The van der Waals surface area contributed by atoms with E-state index in [9.17, 15) is 4.79 Å². The number of rotatable bonds is 6. The lowest BCUT2D eigenvalue weighted by Crippen LogP contribution is -2.24. The monoisotopic (exact) mass is 351 g/mol. The number of nitrogens with zero attached hydrogens (tertiary/aromatic N) is 2. The zero-order valence-corrected chi connectivity index (χ0v) is 15.1. The van der Waals surface area contributed by atoms with Crippen LogP contribution >= 0.6 is 0 Å². The summed E-state index contributed by atoms with van der Waals surface area (Å²) < 4.78 is 10.3. The molecule has 0 saturated heterocycles. The fourth-order valence-corrected chi connectivity index (χ4v) is 2.52. The molecule has 0 spiro atoms. The van der Waals surface area contributed by atoms with Crippen LogP contribution in [0.25, 0.3) is 11.4 Å². The molecule has 1 heterocycles. The normalized spacial score (nSPS) is 10.6. The molecule has 6 heteroatoms. The van der Waals surface area contributed by atoms with Crippen LogP contribution in [0.3, 0.4) is 0 Å². The molecule has 3 aromatic rings. The zero-order valence-electron chi connectivity index (χ0n) is 15.1. The number of nitrogens with one attached hydrogen (secondary N) is 1. The quantitative estimate of drug-likeness (QED) is 0.738. The zero-order chi connectivity index (χ0) is 18.5. The third-order valence-electron chi connectivity index (χ3n) is 4.19. The molecule has 3 rings (SSSR count). The van der Waals surface area contributed by atoms with E-state index in [0.717, 1.165) is 16.9 Å². The molecule has 0 radical (unpaired) electrons. The Morgan fingerprint density at radius 1 is 1.12 bits per heavy atom. The summed E-state index contributed by atoms with van der Waals surface area (Å²) in [5.74, 6) is 1.52. The van der Waals surface area contributed by atoms with Crippen LogP contribution in [0.1, 0.15) is 22.6 Å². The van der Waals surface area contributed by atoms with Gasteiger partial charge in [0, 0.05) is 5.56 Å². The van der Waals surface area contributed by atoms with Gasteiger partial charge in [-0.05, 0) is 54.8 Å². The van der Waals surface area contributed by atoms with Gasteiger partial charge >= 0.3 is 0 Å². The maximum Gasteiger partial charge on any atom is 0.246 e. The van der Waals surface area contributed by atoms with Crippen molar-refractivity contribution in [1.29, 1.82) is 0 Å². The van der Waals surface area contributed by atoms with Gasteiger partial charge in [-0.15, -0.1) is 0 Å². The summed E-state index contributed by atoms with van der Waals surface area (Å²) in [7, 11) is 1.61. The van der Waals surface area contributed by atoms with E-state index in [1.165, 1.54) is 11.1 Å². The Hall–Kier alpha value is -3.15. The van der Waals surface area contributed by atoms with Crippen molar-refractivity contribution in [1.82, 2.24) is 15.5 Å². The van der Waals surface area contributed by atoms with Crippen LogP contribution < -0.4 is 10.1 Å². The average Bonchev–Trinajstić information content (AvgIpc) is 3.12. The molecule has 134 valence electrons. The first-order valence-electron chi connectivity index (χ1n) is 8.35. The van der Waals surface area contributed by atoms with E-state index in [-0.39, 0.29) is 12.5 Å². The van der Waals surface area contributed by atoms with Crippen molar-refractivity contribution in [2.24, 2.45) is 0 Å². The second kappa shape index (κ2) is 7.82. The number of benzene rings is 2. The van der Waals surface area contributed by atoms with E-state index < -0.39 is 0 Å². The molecule has 0 aliphatic heterocycles. The number of carbonyl (C=O) groups excluding carboxylic acids is 1. The smallest absolute Gasteiger partial charge is 0.246 e. The van der Waals surface area contributed by atoms with Crippen LogP contribution in [-0.2, 0) is 17.8 Å². The molecule has 0 aliphatic carbocycles. The van der Waals surface area contributed by atoms with E-state index in [4.69, 9.17) is 9.26 Å². The lowest BCUT2D eigenvalue weighted by atomic mass is 10.0. The van der Waals surface area contributed by atoms with Gasteiger partial charge in [0.15, 0.2) is 0 Å².